The number of rotatable bonds is 1. The Morgan fingerprint density at radius 1 is 1.07 bits per heavy atom. The number of thiol groups is 1. The maximum atomic E-state index is 8.66. The lowest BCUT2D eigenvalue weighted by Gasteiger charge is -2.00. The van der Waals surface area contributed by atoms with Gasteiger partial charge in [0, 0.05) is 16.7 Å². The molecule has 0 spiro atoms. The summed E-state index contributed by atoms with van der Waals surface area (Å²) in [6.45, 7) is 0. The van der Waals surface area contributed by atoms with Gasteiger partial charge < -0.3 is 0 Å². The van der Waals surface area contributed by atoms with Crippen LogP contribution in [0, 0.1) is 11.3 Å². The number of hydrogen-bond acceptors (Lipinski definition) is 3. The Bertz CT molecular complexity index is 495. The third-order valence-corrected chi connectivity index (χ3v) is 2.32. The van der Waals surface area contributed by atoms with E-state index < -0.39 is 0 Å². The van der Waals surface area contributed by atoms with Crippen molar-refractivity contribution in [1.29, 1.82) is 5.26 Å². The van der Waals surface area contributed by atoms with Crippen molar-refractivity contribution in [2.24, 2.45) is 0 Å². The van der Waals surface area contributed by atoms with Gasteiger partial charge in [-0.05, 0) is 24.3 Å². The number of pyridine rings is 1. The summed E-state index contributed by atoms with van der Waals surface area (Å²) in [5, 5.41) is 8.66. The highest BCUT2D eigenvalue weighted by atomic mass is 32.1. The molecule has 0 aliphatic rings. The van der Waals surface area contributed by atoms with Gasteiger partial charge in [0.25, 0.3) is 0 Å². The van der Waals surface area contributed by atoms with Crippen LogP contribution in [-0.2, 0) is 0 Å². The minimum Gasteiger partial charge on any atom is -0.255 e. The Morgan fingerprint density at radius 2 is 1.80 bits per heavy atom. The molecule has 2 rings (SSSR count). The molecule has 0 saturated heterocycles. The van der Waals surface area contributed by atoms with Gasteiger partial charge in [0.1, 0.15) is 0 Å². The molecule has 0 bridgehead atoms. The Kier molecular flexibility index (Phi) is 2.70. The molecule has 3 heteroatoms. The number of benzene rings is 1. The minimum atomic E-state index is 0.657. The molecule has 1 aromatic carbocycles. The number of aromatic nitrogens is 1. The maximum absolute atomic E-state index is 8.66. The number of nitrogens with zero attached hydrogens (tertiary/aromatic N) is 2. The number of hydrogen-bond donors (Lipinski definition) is 1. The van der Waals surface area contributed by atoms with E-state index in [9.17, 15) is 0 Å². The van der Waals surface area contributed by atoms with Crippen molar-refractivity contribution >= 4 is 12.6 Å². The van der Waals surface area contributed by atoms with E-state index in [4.69, 9.17) is 5.26 Å². The van der Waals surface area contributed by atoms with Crippen LogP contribution in [0.1, 0.15) is 5.56 Å². The molecular formula is C12H8N2S. The van der Waals surface area contributed by atoms with Gasteiger partial charge in [0.15, 0.2) is 0 Å². The molecule has 0 aliphatic heterocycles. The fourth-order valence-corrected chi connectivity index (χ4v) is 1.40. The standard InChI is InChI=1S/C12H8N2S/c13-7-9-1-3-10(4-2-9)12-6-5-11(15)8-14-12/h1-6,8,15H. The van der Waals surface area contributed by atoms with Gasteiger partial charge in [0.05, 0.1) is 17.3 Å². The molecule has 0 aliphatic carbocycles. The molecule has 15 heavy (non-hydrogen) atoms. The first-order chi connectivity index (χ1) is 7.29. The molecule has 2 nitrogen and oxygen atoms in total. The summed E-state index contributed by atoms with van der Waals surface area (Å²) in [5.74, 6) is 0. The lowest BCUT2D eigenvalue weighted by Crippen LogP contribution is -1.83. The van der Waals surface area contributed by atoms with E-state index in [1.54, 1.807) is 18.3 Å². The third-order valence-electron chi connectivity index (χ3n) is 2.06. The number of nitriles is 1. The summed E-state index contributed by atoms with van der Waals surface area (Å²) in [4.78, 5) is 5.08. The Labute approximate surface area is 93.6 Å². The Morgan fingerprint density at radius 3 is 2.33 bits per heavy atom. The summed E-state index contributed by atoms with van der Waals surface area (Å²) in [7, 11) is 0. The summed E-state index contributed by atoms with van der Waals surface area (Å²) in [5.41, 5.74) is 2.55. The zero-order valence-electron chi connectivity index (χ0n) is 7.88. The van der Waals surface area contributed by atoms with Gasteiger partial charge in [0.2, 0.25) is 0 Å². The molecule has 72 valence electrons. The first-order valence-electron chi connectivity index (χ1n) is 4.45. The zero-order valence-corrected chi connectivity index (χ0v) is 8.78. The highest BCUT2D eigenvalue weighted by Crippen LogP contribution is 2.18. The molecule has 2 aromatic rings. The summed E-state index contributed by atoms with van der Waals surface area (Å²) < 4.78 is 0. The van der Waals surface area contributed by atoms with Crippen molar-refractivity contribution in [2.45, 2.75) is 4.90 Å². The second-order valence-electron chi connectivity index (χ2n) is 3.09. The van der Waals surface area contributed by atoms with Crippen LogP contribution < -0.4 is 0 Å². The molecule has 0 radical (unpaired) electrons. The SMILES string of the molecule is N#Cc1ccc(-c2ccc(S)cn2)cc1. The normalized spacial score (nSPS) is 9.60. The van der Waals surface area contributed by atoms with Crippen molar-refractivity contribution in [2.75, 3.05) is 0 Å². The minimum absolute atomic E-state index is 0.657. The monoisotopic (exact) mass is 212 g/mol. The van der Waals surface area contributed by atoms with Gasteiger partial charge in [-0.1, -0.05) is 12.1 Å². The lowest BCUT2D eigenvalue weighted by atomic mass is 10.1. The van der Waals surface area contributed by atoms with Gasteiger partial charge in [-0.15, -0.1) is 12.6 Å². The van der Waals surface area contributed by atoms with Gasteiger partial charge in [-0.3, -0.25) is 4.98 Å². The third kappa shape index (κ3) is 2.17. The van der Waals surface area contributed by atoms with Crippen LogP contribution >= 0.6 is 12.6 Å². The predicted molar refractivity (Wildman–Crippen MR) is 61.6 cm³/mol. The molecule has 0 amide bonds. The van der Waals surface area contributed by atoms with Crippen LogP contribution in [-0.4, -0.2) is 4.98 Å². The molecule has 0 N–H and O–H groups in total. The Balaban J connectivity index is 2.38. The van der Waals surface area contributed by atoms with E-state index in [0.717, 1.165) is 16.2 Å². The first kappa shape index (κ1) is 9.75. The van der Waals surface area contributed by atoms with Crippen molar-refractivity contribution in [3.8, 4) is 17.3 Å². The largest absolute Gasteiger partial charge is 0.255 e. The summed E-state index contributed by atoms with van der Waals surface area (Å²) in [6.07, 6.45) is 1.71. The first-order valence-corrected chi connectivity index (χ1v) is 4.90. The van der Waals surface area contributed by atoms with Gasteiger partial charge in [-0.2, -0.15) is 5.26 Å². The van der Waals surface area contributed by atoms with Crippen LogP contribution in [0.3, 0.4) is 0 Å². The predicted octanol–water partition coefficient (Wildman–Crippen LogP) is 2.91. The zero-order chi connectivity index (χ0) is 10.7. The average molecular weight is 212 g/mol. The molecule has 0 fully saturated rings. The fraction of sp³-hybridized carbons (Fsp3) is 0. The van der Waals surface area contributed by atoms with Crippen LogP contribution in [0.4, 0.5) is 0 Å². The van der Waals surface area contributed by atoms with Crippen molar-refractivity contribution in [3.05, 3.63) is 48.2 Å². The van der Waals surface area contributed by atoms with Crippen molar-refractivity contribution < 1.29 is 0 Å². The van der Waals surface area contributed by atoms with Gasteiger partial charge >= 0.3 is 0 Å². The van der Waals surface area contributed by atoms with Crippen LogP contribution in [0.15, 0.2) is 47.5 Å². The fourth-order valence-electron chi connectivity index (χ4n) is 1.27. The van der Waals surface area contributed by atoms with E-state index in [1.807, 2.05) is 24.3 Å². The van der Waals surface area contributed by atoms with Crippen molar-refractivity contribution in [3.63, 3.8) is 0 Å². The van der Waals surface area contributed by atoms with Crippen LogP contribution in [0.25, 0.3) is 11.3 Å². The smallest absolute Gasteiger partial charge is 0.0991 e. The second-order valence-corrected chi connectivity index (χ2v) is 3.61. The topological polar surface area (TPSA) is 36.7 Å². The maximum Gasteiger partial charge on any atom is 0.0991 e. The molecular weight excluding hydrogens is 204 g/mol. The molecule has 0 saturated carbocycles. The van der Waals surface area contributed by atoms with E-state index in [0.29, 0.717) is 5.56 Å². The quantitative estimate of drug-likeness (QED) is 0.738. The van der Waals surface area contributed by atoms with E-state index in [1.165, 1.54) is 0 Å². The summed E-state index contributed by atoms with van der Waals surface area (Å²) >= 11 is 4.17. The summed E-state index contributed by atoms with van der Waals surface area (Å²) in [6, 6.07) is 13.2. The second kappa shape index (κ2) is 4.16. The highest BCUT2D eigenvalue weighted by molar-refractivity contribution is 7.80. The lowest BCUT2D eigenvalue weighted by molar-refractivity contribution is 1.24. The Hall–Kier alpha value is -1.79. The molecule has 0 atom stereocenters. The van der Waals surface area contributed by atoms with Crippen LogP contribution in [0.2, 0.25) is 0 Å². The van der Waals surface area contributed by atoms with E-state index in [2.05, 4.69) is 23.7 Å². The average Bonchev–Trinajstić information content (AvgIpc) is 2.30. The van der Waals surface area contributed by atoms with E-state index >= 15 is 0 Å². The van der Waals surface area contributed by atoms with Gasteiger partial charge in [-0.25, -0.2) is 0 Å². The van der Waals surface area contributed by atoms with Crippen LogP contribution in [0.5, 0.6) is 0 Å². The molecule has 1 heterocycles. The van der Waals surface area contributed by atoms with E-state index in [-0.39, 0.29) is 0 Å². The van der Waals surface area contributed by atoms with Crippen molar-refractivity contribution in [1.82, 2.24) is 4.98 Å². The molecule has 0 unspecified atom stereocenters. The molecule has 1 aromatic heterocycles. The highest BCUT2D eigenvalue weighted by Gasteiger charge is 1.98.